The van der Waals surface area contributed by atoms with E-state index < -0.39 is 0 Å². The Labute approximate surface area is 161 Å². The maximum absolute atomic E-state index is 6.23. The highest BCUT2D eigenvalue weighted by Crippen LogP contribution is 2.40. The van der Waals surface area contributed by atoms with E-state index in [0.717, 1.165) is 43.2 Å². The van der Waals surface area contributed by atoms with Crippen LogP contribution in [0.2, 0.25) is 0 Å². The summed E-state index contributed by atoms with van der Waals surface area (Å²) in [7, 11) is 2.25. The molecule has 0 amide bonds. The quantitative estimate of drug-likeness (QED) is 0.843. The first kappa shape index (κ1) is 17.0. The van der Waals surface area contributed by atoms with Crippen LogP contribution in [0.3, 0.4) is 0 Å². The van der Waals surface area contributed by atoms with Crippen molar-refractivity contribution >= 4 is 11.8 Å². The third kappa shape index (κ3) is 2.98. The van der Waals surface area contributed by atoms with Gasteiger partial charge in [0.1, 0.15) is 5.82 Å². The normalized spacial score (nSPS) is 25.3. The lowest BCUT2D eigenvalue weighted by atomic mass is 9.83. The number of aromatic nitrogens is 2. The third-order valence-electron chi connectivity index (χ3n) is 6.69. The second kappa shape index (κ2) is 6.79. The van der Waals surface area contributed by atoms with Crippen LogP contribution < -0.4 is 10.6 Å². The Kier molecular flexibility index (Phi) is 4.27. The van der Waals surface area contributed by atoms with Crippen molar-refractivity contribution in [1.29, 1.82) is 0 Å². The molecular weight excluding hydrogens is 334 g/mol. The maximum atomic E-state index is 6.23. The molecule has 1 aliphatic carbocycles. The van der Waals surface area contributed by atoms with Gasteiger partial charge in [0.2, 0.25) is 5.95 Å². The molecule has 2 unspecified atom stereocenters. The van der Waals surface area contributed by atoms with Gasteiger partial charge in [-0.15, -0.1) is 0 Å². The molecule has 1 aromatic carbocycles. The summed E-state index contributed by atoms with van der Waals surface area (Å²) in [4.78, 5) is 14.6. The molecule has 0 radical (unpaired) electrons. The van der Waals surface area contributed by atoms with Crippen molar-refractivity contribution in [3.05, 3.63) is 35.4 Å². The number of fused-ring (bicyclic) bond motifs is 4. The number of nitrogens with zero attached hydrogens (tertiary/aromatic N) is 4. The standard InChI is InChI=1S/C22H29N5/c1-26-13-11-19-16(14-26)8-5-12-27(19)21-18-10-4-7-15-6-2-3-9-17(15)20(18)24-22(23)25-21/h2-3,6,9,16,19H,4-5,7-8,10-14H2,1H3,(H2,23,24,25). The highest BCUT2D eigenvalue weighted by Gasteiger charge is 2.37. The second-order valence-electron chi connectivity index (χ2n) is 8.46. The molecule has 3 aliphatic rings. The SMILES string of the molecule is CN1CCC2C(CCCN2c2nc(N)nc3c2CCCc2ccccc2-3)C1. The van der Waals surface area contributed by atoms with Gasteiger partial charge in [-0.3, -0.25) is 0 Å². The van der Waals surface area contributed by atoms with E-state index in [-0.39, 0.29) is 0 Å². The molecule has 5 heteroatoms. The molecule has 5 nitrogen and oxygen atoms in total. The van der Waals surface area contributed by atoms with Crippen LogP contribution >= 0.6 is 0 Å². The number of aryl methyl sites for hydroxylation is 1. The van der Waals surface area contributed by atoms with Gasteiger partial charge >= 0.3 is 0 Å². The molecule has 142 valence electrons. The van der Waals surface area contributed by atoms with Gasteiger partial charge in [-0.1, -0.05) is 24.3 Å². The number of benzene rings is 1. The fourth-order valence-electron chi connectivity index (χ4n) is 5.45. The number of likely N-dealkylation sites (tertiary alicyclic amines) is 1. The van der Waals surface area contributed by atoms with Crippen molar-refractivity contribution in [2.75, 3.05) is 37.3 Å². The Morgan fingerprint density at radius 2 is 1.93 bits per heavy atom. The predicted octanol–water partition coefficient (Wildman–Crippen LogP) is 3.14. The van der Waals surface area contributed by atoms with Crippen LogP contribution in [0.1, 0.15) is 36.8 Å². The molecule has 0 bridgehead atoms. The summed E-state index contributed by atoms with van der Waals surface area (Å²) in [5, 5.41) is 0. The van der Waals surface area contributed by atoms with Gasteiger partial charge in [0.05, 0.1) is 5.69 Å². The predicted molar refractivity (Wildman–Crippen MR) is 110 cm³/mol. The molecule has 2 saturated heterocycles. The van der Waals surface area contributed by atoms with Gasteiger partial charge < -0.3 is 15.5 Å². The summed E-state index contributed by atoms with van der Waals surface area (Å²) in [5.41, 5.74) is 11.2. The van der Waals surface area contributed by atoms with E-state index >= 15 is 0 Å². The zero-order chi connectivity index (χ0) is 18.4. The summed E-state index contributed by atoms with van der Waals surface area (Å²) < 4.78 is 0. The zero-order valence-corrected chi connectivity index (χ0v) is 16.2. The molecule has 2 aromatic rings. The van der Waals surface area contributed by atoms with E-state index in [2.05, 4.69) is 41.1 Å². The Hall–Kier alpha value is -2.14. The van der Waals surface area contributed by atoms with E-state index in [4.69, 9.17) is 15.7 Å². The Morgan fingerprint density at radius 1 is 1.04 bits per heavy atom. The topological polar surface area (TPSA) is 58.3 Å². The molecular formula is C22H29N5. The van der Waals surface area contributed by atoms with Gasteiger partial charge in [0.15, 0.2) is 0 Å². The van der Waals surface area contributed by atoms with E-state index in [0.29, 0.717) is 12.0 Å². The van der Waals surface area contributed by atoms with E-state index in [1.165, 1.54) is 49.0 Å². The van der Waals surface area contributed by atoms with Crippen molar-refractivity contribution in [2.24, 2.45) is 5.92 Å². The molecule has 0 saturated carbocycles. The molecule has 2 aliphatic heterocycles. The number of nitrogens with two attached hydrogens (primary N) is 1. The van der Waals surface area contributed by atoms with Crippen LogP contribution in [-0.2, 0) is 12.8 Å². The largest absolute Gasteiger partial charge is 0.368 e. The first-order valence-electron chi connectivity index (χ1n) is 10.4. The van der Waals surface area contributed by atoms with Crippen molar-refractivity contribution in [3.63, 3.8) is 0 Å². The summed E-state index contributed by atoms with van der Waals surface area (Å²) in [6, 6.07) is 9.26. The average Bonchev–Trinajstić information content (AvgIpc) is 2.86. The highest BCUT2D eigenvalue weighted by molar-refractivity contribution is 5.74. The van der Waals surface area contributed by atoms with Gasteiger partial charge in [-0.2, -0.15) is 4.98 Å². The van der Waals surface area contributed by atoms with Gasteiger partial charge in [0, 0.05) is 30.3 Å². The Morgan fingerprint density at radius 3 is 2.85 bits per heavy atom. The van der Waals surface area contributed by atoms with Crippen LogP contribution in [0.5, 0.6) is 0 Å². The molecule has 27 heavy (non-hydrogen) atoms. The lowest BCUT2D eigenvalue weighted by Crippen LogP contribution is -2.54. The lowest BCUT2D eigenvalue weighted by Gasteiger charge is -2.47. The smallest absolute Gasteiger partial charge is 0.222 e. The molecule has 1 aromatic heterocycles. The number of anilines is 2. The molecule has 2 fully saturated rings. The van der Waals surface area contributed by atoms with Gasteiger partial charge in [-0.05, 0) is 63.6 Å². The lowest BCUT2D eigenvalue weighted by molar-refractivity contribution is 0.154. The molecule has 5 rings (SSSR count). The fourth-order valence-corrected chi connectivity index (χ4v) is 5.45. The van der Waals surface area contributed by atoms with Crippen molar-refractivity contribution < 1.29 is 0 Å². The van der Waals surface area contributed by atoms with Crippen LogP contribution in [-0.4, -0.2) is 47.6 Å². The number of hydrogen-bond donors (Lipinski definition) is 1. The van der Waals surface area contributed by atoms with Crippen LogP contribution in [0.15, 0.2) is 24.3 Å². The summed E-state index contributed by atoms with van der Waals surface area (Å²) in [6.45, 7) is 3.46. The summed E-state index contributed by atoms with van der Waals surface area (Å²) in [5.74, 6) is 2.27. The number of rotatable bonds is 1. The molecule has 2 N–H and O–H groups in total. The third-order valence-corrected chi connectivity index (χ3v) is 6.69. The van der Waals surface area contributed by atoms with Gasteiger partial charge in [0.25, 0.3) is 0 Å². The van der Waals surface area contributed by atoms with E-state index in [1.54, 1.807) is 0 Å². The van der Waals surface area contributed by atoms with Crippen LogP contribution in [0.25, 0.3) is 11.3 Å². The number of nitrogen functional groups attached to an aromatic ring is 1. The zero-order valence-electron chi connectivity index (χ0n) is 16.2. The van der Waals surface area contributed by atoms with Crippen molar-refractivity contribution in [2.45, 2.75) is 44.6 Å². The van der Waals surface area contributed by atoms with Gasteiger partial charge in [-0.25, -0.2) is 4.98 Å². The van der Waals surface area contributed by atoms with Crippen molar-refractivity contribution in [3.8, 4) is 11.3 Å². The molecule has 2 atom stereocenters. The van der Waals surface area contributed by atoms with Crippen LogP contribution in [0, 0.1) is 5.92 Å². The summed E-state index contributed by atoms with van der Waals surface area (Å²) >= 11 is 0. The Balaban J connectivity index is 1.61. The fraction of sp³-hybridized carbons (Fsp3) is 0.545. The molecule has 3 heterocycles. The molecule has 0 spiro atoms. The minimum Gasteiger partial charge on any atom is -0.368 e. The summed E-state index contributed by atoms with van der Waals surface area (Å²) in [6.07, 6.45) is 7.07. The minimum atomic E-state index is 0.413. The highest BCUT2D eigenvalue weighted by atomic mass is 15.3. The monoisotopic (exact) mass is 363 g/mol. The Bertz CT molecular complexity index is 849. The van der Waals surface area contributed by atoms with E-state index in [9.17, 15) is 0 Å². The van der Waals surface area contributed by atoms with E-state index in [1.807, 2.05) is 0 Å². The first-order chi connectivity index (χ1) is 13.2. The number of piperidine rings is 2. The average molecular weight is 364 g/mol. The second-order valence-corrected chi connectivity index (χ2v) is 8.46. The van der Waals surface area contributed by atoms with Crippen molar-refractivity contribution in [1.82, 2.24) is 14.9 Å². The van der Waals surface area contributed by atoms with Crippen LogP contribution in [0.4, 0.5) is 11.8 Å². The number of hydrogen-bond acceptors (Lipinski definition) is 5. The minimum absolute atomic E-state index is 0.413. The maximum Gasteiger partial charge on any atom is 0.222 e. The first-order valence-corrected chi connectivity index (χ1v) is 10.4.